The van der Waals surface area contributed by atoms with Crippen LogP contribution in [0.4, 0.5) is 5.69 Å². The Kier molecular flexibility index (Phi) is 3.61. The van der Waals surface area contributed by atoms with Crippen molar-refractivity contribution < 1.29 is 4.79 Å². The highest BCUT2D eigenvalue weighted by atomic mass is 16.1. The lowest BCUT2D eigenvalue weighted by atomic mass is 10.2. The monoisotopic (exact) mass is 294 g/mol. The first-order valence-electron chi connectivity index (χ1n) is 6.70. The Morgan fingerprint density at radius 2 is 1.95 bits per heavy atom. The Bertz CT molecular complexity index is 795. The number of aromatic nitrogens is 5. The number of pyridine rings is 1. The fourth-order valence-corrected chi connectivity index (χ4v) is 2.03. The topological polar surface area (TPSA) is 85.6 Å². The van der Waals surface area contributed by atoms with Gasteiger partial charge in [0.15, 0.2) is 0 Å². The molecule has 110 valence electrons. The number of hydrogen-bond acceptors (Lipinski definition) is 5. The molecule has 1 amide bonds. The maximum Gasteiger partial charge on any atom is 0.257 e. The maximum absolute atomic E-state index is 12.0. The highest BCUT2D eigenvalue weighted by molar-refractivity contribution is 6.03. The Balaban J connectivity index is 1.77. The summed E-state index contributed by atoms with van der Waals surface area (Å²) in [5.74, 6) is 0.209. The van der Waals surface area contributed by atoms with Crippen molar-refractivity contribution in [3.8, 4) is 5.95 Å². The van der Waals surface area contributed by atoms with E-state index in [9.17, 15) is 4.79 Å². The molecule has 1 N–H and O–H groups in total. The molecule has 22 heavy (non-hydrogen) atoms. The number of hydrogen-bond donors (Lipinski definition) is 1. The average Bonchev–Trinajstić information content (AvgIpc) is 2.87. The van der Waals surface area contributed by atoms with E-state index in [1.807, 2.05) is 19.9 Å². The minimum atomic E-state index is -0.254. The first-order valence-corrected chi connectivity index (χ1v) is 6.70. The van der Waals surface area contributed by atoms with Crippen molar-refractivity contribution >= 4 is 11.6 Å². The van der Waals surface area contributed by atoms with Gasteiger partial charge in [-0.25, -0.2) is 14.6 Å². The van der Waals surface area contributed by atoms with Crippen LogP contribution in [0, 0.1) is 13.8 Å². The molecule has 0 saturated heterocycles. The van der Waals surface area contributed by atoms with Crippen molar-refractivity contribution in [1.82, 2.24) is 24.7 Å². The molecule has 3 aromatic rings. The largest absolute Gasteiger partial charge is 0.319 e. The Morgan fingerprint density at radius 1 is 1.18 bits per heavy atom. The van der Waals surface area contributed by atoms with Crippen molar-refractivity contribution in [1.29, 1.82) is 0 Å². The van der Waals surface area contributed by atoms with Crippen molar-refractivity contribution in [2.45, 2.75) is 13.8 Å². The van der Waals surface area contributed by atoms with Gasteiger partial charge in [-0.2, -0.15) is 5.10 Å². The third kappa shape index (κ3) is 2.83. The van der Waals surface area contributed by atoms with E-state index in [0.29, 0.717) is 17.2 Å². The summed E-state index contributed by atoms with van der Waals surface area (Å²) in [6.45, 7) is 3.84. The minimum absolute atomic E-state index is 0.254. The zero-order chi connectivity index (χ0) is 15.5. The van der Waals surface area contributed by atoms with Crippen LogP contribution < -0.4 is 5.32 Å². The molecular weight excluding hydrogens is 280 g/mol. The quantitative estimate of drug-likeness (QED) is 0.797. The Hall–Kier alpha value is -3.09. The molecule has 0 aliphatic heterocycles. The van der Waals surface area contributed by atoms with Gasteiger partial charge in [0.1, 0.15) is 0 Å². The lowest BCUT2D eigenvalue weighted by Gasteiger charge is -2.06. The van der Waals surface area contributed by atoms with Crippen LogP contribution in [0.5, 0.6) is 0 Å². The summed E-state index contributed by atoms with van der Waals surface area (Å²) in [4.78, 5) is 24.4. The first-order chi connectivity index (χ1) is 10.6. The van der Waals surface area contributed by atoms with E-state index in [-0.39, 0.29) is 5.91 Å². The second kappa shape index (κ2) is 5.72. The van der Waals surface area contributed by atoms with E-state index >= 15 is 0 Å². The van der Waals surface area contributed by atoms with Crippen LogP contribution in [-0.4, -0.2) is 30.6 Å². The van der Waals surface area contributed by atoms with Crippen molar-refractivity contribution in [3.63, 3.8) is 0 Å². The molecule has 0 aromatic carbocycles. The van der Waals surface area contributed by atoms with E-state index in [1.165, 1.54) is 6.20 Å². The number of rotatable bonds is 3. The second-order valence-electron chi connectivity index (χ2n) is 4.81. The smallest absolute Gasteiger partial charge is 0.257 e. The van der Waals surface area contributed by atoms with E-state index in [4.69, 9.17) is 0 Å². The van der Waals surface area contributed by atoms with Crippen LogP contribution in [-0.2, 0) is 0 Å². The van der Waals surface area contributed by atoms with Gasteiger partial charge < -0.3 is 5.32 Å². The minimum Gasteiger partial charge on any atom is -0.319 e. The van der Waals surface area contributed by atoms with Gasteiger partial charge in [0.2, 0.25) is 0 Å². The number of amides is 1. The van der Waals surface area contributed by atoms with Crippen LogP contribution in [0.2, 0.25) is 0 Å². The summed E-state index contributed by atoms with van der Waals surface area (Å²) in [6, 6.07) is 5.34. The number of carbonyl (C=O) groups is 1. The molecule has 7 nitrogen and oxygen atoms in total. The van der Waals surface area contributed by atoms with Crippen LogP contribution >= 0.6 is 0 Å². The van der Waals surface area contributed by atoms with Gasteiger partial charge in [-0.05, 0) is 32.0 Å². The van der Waals surface area contributed by atoms with Crippen LogP contribution in [0.1, 0.15) is 21.7 Å². The maximum atomic E-state index is 12.0. The number of aryl methyl sites for hydroxylation is 2. The molecule has 0 aliphatic carbocycles. The number of carbonyl (C=O) groups excluding carboxylic acids is 1. The van der Waals surface area contributed by atoms with Crippen LogP contribution in [0.15, 0.2) is 43.0 Å². The molecular formula is C15H14N6O. The SMILES string of the molecule is Cc1cc(C)n(-c2ncc(NC(=O)c3cccnc3)cn2)n1. The predicted octanol–water partition coefficient (Wildman–Crippen LogP) is 1.93. The fraction of sp³-hybridized carbons (Fsp3) is 0.133. The van der Waals surface area contributed by atoms with E-state index in [0.717, 1.165) is 11.4 Å². The molecule has 0 spiro atoms. The van der Waals surface area contributed by atoms with Gasteiger partial charge in [-0.15, -0.1) is 0 Å². The first kappa shape index (κ1) is 13.9. The predicted molar refractivity (Wildman–Crippen MR) is 80.8 cm³/mol. The van der Waals surface area contributed by atoms with Crippen molar-refractivity contribution in [2.24, 2.45) is 0 Å². The average molecular weight is 294 g/mol. The van der Waals surface area contributed by atoms with Gasteiger partial charge in [-0.1, -0.05) is 0 Å². The summed E-state index contributed by atoms with van der Waals surface area (Å²) in [5.41, 5.74) is 2.84. The van der Waals surface area contributed by atoms with Gasteiger partial charge in [-0.3, -0.25) is 9.78 Å². The molecule has 0 saturated carbocycles. The third-order valence-corrected chi connectivity index (χ3v) is 3.02. The van der Waals surface area contributed by atoms with Crippen LogP contribution in [0.3, 0.4) is 0 Å². The molecule has 0 aliphatic rings. The van der Waals surface area contributed by atoms with E-state index in [1.54, 1.807) is 35.4 Å². The summed E-state index contributed by atoms with van der Waals surface area (Å²) >= 11 is 0. The van der Waals surface area contributed by atoms with Gasteiger partial charge >= 0.3 is 0 Å². The highest BCUT2D eigenvalue weighted by Gasteiger charge is 2.09. The number of nitrogens with one attached hydrogen (secondary N) is 1. The number of anilines is 1. The standard InChI is InChI=1S/C15H14N6O/c1-10-6-11(2)21(20-10)15-17-8-13(9-18-15)19-14(22)12-4-3-5-16-7-12/h3-9H,1-2H3,(H,19,22). The summed E-state index contributed by atoms with van der Waals surface area (Å²) in [7, 11) is 0. The molecule has 0 bridgehead atoms. The zero-order valence-electron chi connectivity index (χ0n) is 12.2. The summed E-state index contributed by atoms with van der Waals surface area (Å²) in [6.07, 6.45) is 6.21. The molecule has 3 aromatic heterocycles. The molecule has 0 atom stereocenters. The molecule has 3 rings (SSSR count). The normalized spacial score (nSPS) is 10.5. The van der Waals surface area contributed by atoms with Crippen LogP contribution in [0.25, 0.3) is 5.95 Å². The van der Waals surface area contributed by atoms with E-state index in [2.05, 4.69) is 25.4 Å². The Labute approximate surface area is 127 Å². The third-order valence-electron chi connectivity index (χ3n) is 3.02. The van der Waals surface area contributed by atoms with Gasteiger partial charge in [0.25, 0.3) is 11.9 Å². The second-order valence-corrected chi connectivity index (χ2v) is 4.81. The van der Waals surface area contributed by atoms with Crippen molar-refractivity contribution in [2.75, 3.05) is 5.32 Å². The lowest BCUT2D eigenvalue weighted by Crippen LogP contribution is -2.13. The molecule has 0 radical (unpaired) electrons. The summed E-state index contributed by atoms with van der Waals surface area (Å²) < 4.78 is 1.65. The fourth-order valence-electron chi connectivity index (χ4n) is 2.03. The highest BCUT2D eigenvalue weighted by Crippen LogP contribution is 2.10. The van der Waals surface area contributed by atoms with E-state index < -0.39 is 0 Å². The zero-order valence-corrected chi connectivity index (χ0v) is 12.2. The van der Waals surface area contributed by atoms with Crippen molar-refractivity contribution in [3.05, 3.63) is 59.9 Å². The molecule has 0 fully saturated rings. The molecule has 7 heteroatoms. The summed E-state index contributed by atoms with van der Waals surface area (Å²) in [5, 5.41) is 7.04. The van der Waals surface area contributed by atoms with Gasteiger partial charge in [0, 0.05) is 18.1 Å². The lowest BCUT2D eigenvalue weighted by molar-refractivity contribution is 0.102. The number of nitrogens with zero attached hydrogens (tertiary/aromatic N) is 5. The molecule has 0 unspecified atom stereocenters. The van der Waals surface area contributed by atoms with Gasteiger partial charge in [0.05, 0.1) is 29.3 Å². The molecule has 3 heterocycles. The Morgan fingerprint density at radius 3 is 2.55 bits per heavy atom.